The van der Waals surface area contributed by atoms with Gasteiger partial charge in [0.15, 0.2) is 0 Å². The first-order valence-corrected chi connectivity index (χ1v) is 13.0. The lowest BCUT2D eigenvalue weighted by molar-refractivity contribution is -0.137. The molecule has 0 fully saturated rings. The smallest absolute Gasteiger partial charge is 0.416 e. The summed E-state index contributed by atoms with van der Waals surface area (Å²) in [6, 6.07) is 17.7. The number of halogens is 3. The fraction of sp³-hybridized carbons (Fsp3) is 0.312. The molecule has 0 radical (unpaired) electrons. The van der Waals surface area contributed by atoms with Crippen LogP contribution in [0.25, 0.3) is 21.9 Å². The summed E-state index contributed by atoms with van der Waals surface area (Å²) in [5, 5.41) is 5.46. The molecule has 1 aliphatic heterocycles. The Morgan fingerprint density at radius 1 is 0.923 bits per heavy atom. The summed E-state index contributed by atoms with van der Waals surface area (Å²) in [6.07, 6.45) is -3.52. The van der Waals surface area contributed by atoms with Gasteiger partial charge in [-0.05, 0) is 79.1 Å². The summed E-state index contributed by atoms with van der Waals surface area (Å²) in [5.41, 5.74) is 5.19. The summed E-state index contributed by atoms with van der Waals surface area (Å²) in [6.45, 7) is 6.45. The molecule has 1 aliphatic rings. The van der Waals surface area contributed by atoms with Gasteiger partial charge in [-0.15, -0.1) is 0 Å². The van der Waals surface area contributed by atoms with Crippen molar-refractivity contribution >= 4 is 10.8 Å². The molecule has 4 aromatic carbocycles. The Labute approximate surface area is 226 Å². The Morgan fingerprint density at radius 2 is 1.64 bits per heavy atom. The Hall–Kier alpha value is -3.71. The number of ether oxygens (including phenoxy) is 3. The van der Waals surface area contributed by atoms with E-state index in [1.54, 1.807) is 14.2 Å². The van der Waals surface area contributed by atoms with E-state index in [2.05, 4.69) is 31.3 Å². The van der Waals surface area contributed by atoms with E-state index in [4.69, 9.17) is 14.2 Å². The van der Waals surface area contributed by atoms with Crippen LogP contribution in [0.5, 0.6) is 17.2 Å². The zero-order valence-electron chi connectivity index (χ0n) is 22.7. The van der Waals surface area contributed by atoms with Gasteiger partial charge in [-0.3, -0.25) is 0 Å². The van der Waals surface area contributed by atoms with Gasteiger partial charge in [-0.25, -0.2) is 0 Å². The molecule has 0 aliphatic carbocycles. The highest BCUT2D eigenvalue weighted by Crippen LogP contribution is 2.47. The van der Waals surface area contributed by atoms with Gasteiger partial charge < -0.3 is 19.5 Å². The molecule has 0 spiro atoms. The third-order valence-electron chi connectivity index (χ3n) is 7.44. The van der Waals surface area contributed by atoms with Crippen molar-refractivity contribution in [1.29, 1.82) is 0 Å². The minimum absolute atomic E-state index is 0.0330. The molecule has 7 heteroatoms. The molecule has 2 atom stereocenters. The summed E-state index contributed by atoms with van der Waals surface area (Å²) in [7, 11) is 3.28. The molecule has 0 bridgehead atoms. The van der Waals surface area contributed by atoms with E-state index in [0.717, 1.165) is 63.1 Å². The van der Waals surface area contributed by atoms with Crippen LogP contribution >= 0.6 is 0 Å². The Morgan fingerprint density at radius 3 is 2.31 bits per heavy atom. The second kappa shape index (κ2) is 10.5. The maximum absolute atomic E-state index is 13.1. The van der Waals surface area contributed by atoms with Crippen LogP contribution in [0, 0.1) is 6.92 Å². The number of hydrogen-bond acceptors (Lipinski definition) is 4. The molecule has 0 saturated heterocycles. The maximum atomic E-state index is 13.1. The fourth-order valence-electron chi connectivity index (χ4n) is 5.73. The molecule has 5 rings (SSSR count). The highest BCUT2D eigenvalue weighted by atomic mass is 19.4. The van der Waals surface area contributed by atoms with Gasteiger partial charge in [0.2, 0.25) is 0 Å². The molecular formula is C32H32F3NO3. The highest BCUT2D eigenvalue weighted by Gasteiger charge is 2.31. The number of hydrogen-bond donors (Lipinski definition) is 1. The van der Waals surface area contributed by atoms with Crippen LogP contribution in [0.3, 0.4) is 0 Å². The van der Waals surface area contributed by atoms with E-state index >= 15 is 0 Å². The second-order valence-corrected chi connectivity index (χ2v) is 10.1. The summed E-state index contributed by atoms with van der Waals surface area (Å²) < 4.78 is 57.2. The third-order valence-corrected chi connectivity index (χ3v) is 7.44. The zero-order chi connectivity index (χ0) is 27.9. The fourth-order valence-corrected chi connectivity index (χ4v) is 5.73. The predicted octanol–water partition coefficient (Wildman–Crippen LogP) is 8.03. The van der Waals surface area contributed by atoms with E-state index in [-0.39, 0.29) is 12.6 Å². The maximum Gasteiger partial charge on any atom is 0.416 e. The monoisotopic (exact) mass is 535 g/mol. The van der Waals surface area contributed by atoms with Crippen LogP contribution in [0.4, 0.5) is 13.2 Å². The van der Waals surface area contributed by atoms with Crippen molar-refractivity contribution in [3.05, 3.63) is 88.5 Å². The topological polar surface area (TPSA) is 39.7 Å². The minimum Gasteiger partial charge on any atom is -0.496 e. The lowest BCUT2D eigenvalue weighted by atomic mass is 9.85. The van der Waals surface area contributed by atoms with Gasteiger partial charge in [-0.2, -0.15) is 13.2 Å². The number of fused-ring (bicyclic) bond motifs is 2. The van der Waals surface area contributed by atoms with Crippen molar-refractivity contribution in [3.8, 4) is 28.4 Å². The average Bonchev–Trinajstić information content (AvgIpc) is 2.90. The number of nitrogens with one attached hydrogen (secondary N) is 1. The van der Waals surface area contributed by atoms with Crippen molar-refractivity contribution in [1.82, 2.24) is 5.32 Å². The third kappa shape index (κ3) is 5.03. The lowest BCUT2D eigenvalue weighted by Crippen LogP contribution is -2.36. The number of methoxy groups -OCH3 is 2. The van der Waals surface area contributed by atoms with Crippen molar-refractivity contribution < 1.29 is 27.4 Å². The van der Waals surface area contributed by atoms with Crippen LogP contribution in [0.15, 0.2) is 60.7 Å². The normalized spacial score (nSPS) is 17.1. The molecule has 39 heavy (non-hydrogen) atoms. The standard InChI is InChI=1S/C32H32F3NO3/c1-18-15-27(38-5)30-24(7-6-8-26(30)37-4)28(18)25-14-11-22-16-19(2)36-20(3)29(22)31(25)39-17-21-9-12-23(13-10-21)32(33,34)35/h6-15,19-20,36H,16-17H2,1-5H3/t19-,20-/m1/s1. The highest BCUT2D eigenvalue weighted by molar-refractivity contribution is 6.06. The number of benzene rings is 4. The Bertz CT molecular complexity index is 1510. The van der Waals surface area contributed by atoms with Gasteiger partial charge in [0.1, 0.15) is 23.9 Å². The van der Waals surface area contributed by atoms with Gasteiger partial charge >= 0.3 is 6.18 Å². The van der Waals surface area contributed by atoms with Crippen LogP contribution in [-0.2, 0) is 19.2 Å². The summed E-state index contributed by atoms with van der Waals surface area (Å²) in [5.74, 6) is 2.16. The molecule has 4 aromatic rings. The van der Waals surface area contributed by atoms with Crippen molar-refractivity contribution in [2.24, 2.45) is 0 Å². The van der Waals surface area contributed by atoms with E-state index in [0.29, 0.717) is 17.4 Å². The molecular weight excluding hydrogens is 503 g/mol. The molecule has 0 unspecified atom stereocenters. The molecule has 4 nitrogen and oxygen atoms in total. The SMILES string of the molecule is COc1cccc2c(-c3ccc4c(c3OCc3ccc(C(F)(F)F)cc3)[C@@H](C)N[C@H](C)C4)c(C)cc(OC)c12. The average molecular weight is 536 g/mol. The van der Waals surface area contributed by atoms with E-state index in [1.165, 1.54) is 17.7 Å². The van der Waals surface area contributed by atoms with E-state index in [1.807, 2.05) is 31.2 Å². The zero-order valence-corrected chi connectivity index (χ0v) is 22.7. The molecule has 0 aromatic heterocycles. The molecule has 0 amide bonds. The second-order valence-electron chi connectivity index (χ2n) is 10.1. The van der Waals surface area contributed by atoms with Crippen molar-refractivity contribution in [2.45, 2.75) is 52.1 Å². The molecule has 0 saturated carbocycles. The van der Waals surface area contributed by atoms with Gasteiger partial charge in [-0.1, -0.05) is 36.4 Å². The predicted molar refractivity (Wildman–Crippen MR) is 148 cm³/mol. The first kappa shape index (κ1) is 26.9. The first-order valence-electron chi connectivity index (χ1n) is 13.0. The molecule has 1 heterocycles. The van der Waals surface area contributed by atoms with Gasteiger partial charge in [0.25, 0.3) is 0 Å². The molecule has 204 valence electrons. The van der Waals surface area contributed by atoms with Crippen molar-refractivity contribution in [3.63, 3.8) is 0 Å². The van der Waals surface area contributed by atoms with Crippen LogP contribution in [0.2, 0.25) is 0 Å². The number of rotatable bonds is 6. The van der Waals surface area contributed by atoms with Crippen molar-refractivity contribution in [2.75, 3.05) is 14.2 Å². The first-order chi connectivity index (χ1) is 18.6. The van der Waals surface area contributed by atoms with Crippen LogP contribution in [-0.4, -0.2) is 20.3 Å². The van der Waals surface area contributed by atoms with Crippen LogP contribution < -0.4 is 19.5 Å². The Kier molecular flexibility index (Phi) is 7.21. The minimum atomic E-state index is -4.38. The largest absolute Gasteiger partial charge is 0.496 e. The Balaban J connectivity index is 1.68. The quantitative estimate of drug-likeness (QED) is 0.271. The summed E-state index contributed by atoms with van der Waals surface area (Å²) in [4.78, 5) is 0. The summed E-state index contributed by atoms with van der Waals surface area (Å²) >= 11 is 0. The van der Waals surface area contributed by atoms with Gasteiger partial charge in [0, 0.05) is 23.2 Å². The molecule has 1 N–H and O–H groups in total. The van der Waals surface area contributed by atoms with Gasteiger partial charge in [0.05, 0.1) is 25.2 Å². The van der Waals surface area contributed by atoms with E-state index < -0.39 is 11.7 Å². The lowest BCUT2D eigenvalue weighted by Gasteiger charge is -2.32. The van der Waals surface area contributed by atoms with Crippen LogP contribution in [0.1, 0.15) is 47.7 Å². The number of aryl methyl sites for hydroxylation is 1. The number of alkyl halides is 3. The van der Waals surface area contributed by atoms with E-state index in [9.17, 15) is 13.2 Å².